The number of esters is 1. The number of anilines is 1. The van der Waals surface area contributed by atoms with Crippen LogP contribution in [0.5, 0.6) is 0 Å². The highest BCUT2D eigenvalue weighted by Gasteiger charge is 2.08. The lowest BCUT2D eigenvalue weighted by molar-refractivity contribution is 0.0519. The molecule has 1 aromatic heterocycles. The number of aromatic amines is 1. The normalized spacial score (nSPS) is 9.48. The first-order chi connectivity index (χ1) is 9.97. The average molecular weight is 314 g/mol. The average Bonchev–Trinajstić information content (AvgIpc) is 2.87. The molecule has 0 saturated carbocycles. The number of benzene rings is 1. The number of ether oxygens (including phenoxy) is 1. The smallest absolute Gasteiger partial charge is 0.358 e. The lowest BCUT2D eigenvalue weighted by atomic mass is 10.2. The van der Waals surface area contributed by atoms with Gasteiger partial charge >= 0.3 is 5.97 Å². The van der Waals surface area contributed by atoms with E-state index in [0.29, 0.717) is 23.7 Å². The highest BCUT2D eigenvalue weighted by molar-refractivity contribution is 6.30. The Morgan fingerprint density at radius 2 is 2.24 bits per heavy atom. The summed E-state index contributed by atoms with van der Waals surface area (Å²) in [5, 5.41) is 6.34. The monoisotopic (exact) mass is 313 g/mol. The molecule has 0 aliphatic heterocycles. The standard InChI is InChI=1S/C7H4ClFO.C6H9N3O2/c8-6-2-1-5(4-10)7(9)3-6;1-2-11-6(10)4-3-5(7)9-8-4/h1-4H;3H,2H2,1H3,(H3,7,8,9). The molecule has 0 aliphatic carbocycles. The van der Waals surface area contributed by atoms with Gasteiger partial charge in [0.25, 0.3) is 0 Å². The molecule has 0 bridgehead atoms. The maximum Gasteiger partial charge on any atom is 0.358 e. The van der Waals surface area contributed by atoms with E-state index in [1.165, 1.54) is 18.2 Å². The van der Waals surface area contributed by atoms with Crippen molar-refractivity contribution in [2.45, 2.75) is 6.92 Å². The SMILES string of the molecule is CCOC(=O)c1cc(N)[nH]n1.O=Cc1ccc(Cl)cc1F. The molecular weight excluding hydrogens is 301 g/mol. The predicted molar refractivity (Wildman–Crippen MR) is 75.8 cm³/mol. The van der Waals surface area contributed by atoms with Crippen molar-refractivity contribution in [3.8, 4) is 0 Å². The number of H-pyrrole nitrogens is 1. The van der Waals surface area contributed by atoms with Gasteiger partial charge in [-0.25, -0.2) is 9.18 Å². The van der Waals surface area contributed by atoms with Crippen LogP contribution in [0.1, 0.15) is 27.8 Å². The fourth-order valence-corrected chi connectivity index (χ4v) is 1.40. The van der Waals surface area contributed by atoms with Crippen molar-refractivity contribution in [1.82, 2.24) is 10.2 Å². The Hall–Kier alpha value is -2.41. The van der Waals surface area contributed by atoms with Gasteiger partial charge in [-0.15, -0.1) is 0 Å². The number of aldehydes is 1. The summed E-state index contributed by atoms with van der Waals surface area (Å²) < 4.78 is 17.2. The number of nitrogens with zero attached hydrogens (tertiary/aromatic N) is 1. The number of carbonyl (C=O) groups excluding carboxylic acids is 2. The summed E-state index contributed by atoms with van der Waals surface area (Å²) in [6.45, 7) is 2.07. The molecule has 3 N–H and O–H groups in total. The number of rotatable bonds is 3. The third kappa shape index (κ3) is 5.23. The highest BCUT2D eigenvalue weighted by atomic mass is 35.5. The molecule has 0 fully saturated rings. The van der Waals surface area contributed by atoms with E-state index < -0.39 is 11.8 Å². The fraction of sp³-hybridized carbons (Fsp3) is 0.154. The Labute approximate surface area is 125 Å². The van der Waals surface area contributed by atoms with Crippen LogP contribution in [0.2, 0.25) is 5.02 Å². The minimum atomic E-state index is -0.581. The Kier molecular flexibility index (Phi) is 6.35. The van der Waals surface area contributed by atoms with Gasteiger partial charge in [-0.05, 0) is 25.1 Å². The van der Waals surface area contributed by atoms with Gasteiger partial charge < -0.3 is 10.5 Å². The van der Waals surface area contributed by atoms with Crippen LogP contribution in [0.4, 0.5) is 10.2 Å². The van der Waals surface area contributed by atoms with E-state index >= 15 is 0 Å². The number of hydrogen-bond acceptors (Lipinski definition) is 5. The molecule has 0 atom stereocenters. The van der Waals surface area contributed by atoms with Crippen molar-refractivity contribution >= 4 is 29.7 Å². The van der Waals surface area contributed by atoms with Crippen LogP contribution < -0.4 is 5.73 Å². The van der Waals surface area contributed by atoms with Crippen molar-refractivity contribution in [2.24, 2.45) is 0 Å². The summed E-state index contributed by atoms with van der Waals surface area (Å²) >= 11 is 5.42. The lowest BCUT2D eigenvalue weighted by Crippen LogP contribution is -2.04. The summed E-state index contributed by atoms with van der Waals surface area (Å²) in [5.41, 5.74) is 5.53. The number of aromatic nitrogens is 2. The van der Waals surface area contributed by atoms with Crippen LogP contribution in [-0.4, -0.2) is 29.1 Å². The second kappa shape index (κ2) is 8.01. The molecule has 0 saturated heterocycles. The zero-order valence-corrected chi connectivity index (χ0v) is 11.9. The largest absolute Gasteiger partial charge is 0.461 e. The van der Waals surface area contributed by atoms with E-state index in [2.05, 4.69) is 14.9 Å². The molecule has 2 rings (SSSR count). The fourth-order valence-electron chi connectivity index (χ4n) is 1.24. The molecule has 2 aromatic rings. The van der Waals surface area contributed by atoms with Crippen molar-refractivity contribution in [2.75, 3.05) is 12.3 Å². The maximum absolute atomic E-state index is 12.5. The molecule has 0 aliphatic rings. The number of nitrogens with one attached hydrogen (secondary N) is 1. The van der Waals surface area contributed by atoms with E-state index in [-0.39, 0.29) is 11.3 Å². The molecule has 0 amide bonds. The van der Waals surface area contributed by atoms with Crippen molar-refractivity contribution < 1.29 is 18.7 Å². The number of halogens is 2. The zero-order chi connectivity index (χ0) is 15.8. The summed E-state index contributed by atoms with van der Waals surface area (Å²) in [4.78, 5) is 21.0. The molecule has 1 heterocycles. The van der Waals surface area contributed by atoms with Crippen LogP contribution in [-0.2, 0) is 4.74 Å². The van der Waals surface area contributed by atoms with Gasteiger partial charge in [0.2, 0.25) is 0 Å². The number of hydrogen-bond donors (Lipinski definition) is 2. The summed E-state index contributed by atoms with van der Waals surface area (Å²) in [6.07, 6.45) is 0.450. The van der Waals surface area contributed by atoms with Gasteiger partial charge in [-0.3, -0.25) is 9.89 Å². The van der Waals surface area contributed by atoms with E-state index in [0.717, 1.165) is 6.07 Å². The quantitative estimate of drug-likeness (QED) is 0.670. The minimum Gasteiger partial charge on any atom is -0.461 e. The lowest BCUT2D eigenvalue weighted by Gasteiger charge is -1.94. The highest BCUT2D eigenvalue weighted by Crippen LogP contribution is 2.12. The van der Waals surface area contributed by atoms with Crippen LogP contribution in [0, 0.1) is 5.82 Å². The van der Waals surface area contributed by atoms with Crippen LogP contribution in [0.15, 0.2) is 24.3 Å². The number of nitrogens with two attached hydrogens (primary N) is 1. The number of carbonyl (C=O) groups is 2. The summed E-state index contributed by atoms with van der Waals surface area (Å²) in [5.74, 6) is -0.684. The van der Waals surface area contributed by atoms with Crippen LogP contribution in [0.3, 0.4) is 0 Å². The predicted octanol–water partition coefficient (Wildman–Crippen LogP) is 2.46. The van der Waals surface area contributed by atoms with Gasteiger partial charge in [0.15, 0.2) is 12.0 Å². The van der Waals surface area contributed by atoms with Crippen molar-refractivity contribution in [1.29, 1.82) is 0 Å². The first-order valence-corrected chi connectivity index (χ1v) is 6.24. The molecule has 1 aromatic carbocycles. The molecular formula is C13H13ClFN3O3. The molecule has 6 nitrogen and oxygen atoms in total. The molecule has 112 valence electrons. The van der Waals surface area contributed by atoms with E-state index in [1.54, 1.807) is 6.92 Å². The molecule has 21 heavy (non-hydrogen) atoms. The van der Waals surface area contributed by atoms with E-state index in [4.69, 9.17) is 17.3 Å². The van der Waals surface area contributed by atoms with E-state index in [9.17, 15) is 14.0 Å². The molecule has 0 radical (unpaired) electrons. The van der Waals surface area contributed by atoms with Gasteiger partial charge in [0.1, 0.15) is 11.6 Å². The molecule has 0 spiro atoms. The first kappa shape index (κ1) is 16.6. The first-order valence-electron chi connectivity index (χ1n) is 5.86. The van der Waals surface area contributed by atoms with Crippen molar-refractivity contribution in [3.05, 3.63) is 46.4 Å². The van der Waals surface area contributed by atoms with Crippen molar-refractivity contribution in [3.63, 3.8) is 0 Å². The third-order valence-electron chi connectivity index (χ3n) is 2.17. The van der Waals surface area contributed by atoms with Crippen LogP contribution >= 0.6 is 11.6 Å². The van der Waals surface area contributed by atoms with Gasteiger partial charge in [0, 0.05) is 11.1 Å². The minimum absolute atomic E-state index is 0.0319. The molecule has 8 heteroatoms. The Morgan fingerprint density at radius 3 is 2.71 bits per heavy atom. The van der Waals surface area contributed by atoms with Crippen LogP contribution in [0.25, 0.3) is 0 Å². The summed E-state index contributed by atoms with van der Waals surface area (Å²) in [6, 6.07) is 5.34. The number of nitrogen functional groups attached to an aromatic ring is 1. The Balaban J connectivity index is 0.000000211. The Bertz CT molecular complexity index is 631. The van der Waals surface area contributed by atoms with Gasteiger partial charge in [-0.2, -0.15) is 5.10 Å². The Morgan fingerprint density at radius 1 is 1.52 bits per heavy atom. The third-order valence-corrected chi connectivity index (χ3v) is 2.41. The van der Waals surface area contributed by atoms with Gasteiger partial charge in [0.05, 0.1) is 12.2 Å². The maximum atomic E-state index is 12.5. The van der Waals surface area contributed by atoms with Gasteiger partial charge in [-0.1, -0.05) is 11.6 Å². The summed E-state index contributed by atoms with van der Waals surface area (Å²) in [7, 11) is 0. The second-order valence-electron chi connectivity index (χ2n) is 3.71. The second-order valence-corrected chi connectivity index (χ2v) is 4.15. The van der Waals surface area contributed by atoms with E-state index in [1.807, 2.05) is 0 Å². The topological polar surface area (TPSA) is 98.1 Å². The zero-order valence-electron chi connectivity index (χ0n) is 11.1. The molecule has 0 unspecified atom stereocenters.